The zero-order valence-corrected chi connectivity index (χ0v) is 11.7. The summed E-state index contributed by atoms with van der Waals surface area (Å²) in [6, 6.07) is 7.83. The Kier molecular flexibility index (Phi) is 7.66. The van der Waals surface area contributed by atoms with E-state index in [1.165, 1.54) is 0 Å². The number of aryl methyl sites for hydroxylation is 1. The van der Waals surface area contributed by atoms with E-state index >= 15 is 0 Å². The van der Waals surface area contributed by atoms with Gasteiger partial charge in [-0.05, 0) is 31.9 Å². The van der Waals surface area contributed by atoms with Crippen LogP contribution in [-0.2, 0) is 14.3 Å². The topological polar surface area (TPSA) is 44.8 Å². The standard InChI is InChI=1S/C15H22O4/c1-3-17-11-12-19-15(16)9-6-10-18-14-8-5-4-7-13(14)2/h4-5,7-8H,3,6,9-12H2,1-2H3. The summed E-state index contributed by atoms with van der Waals surface area (Å²) in [4.78, 5) is 11.4. The number of ether oxygens (including phenoxy) is 3. The fourth-order valence-corrected chi connectivity index (χ4v) is 1.55. The molecule has 1 aromatic carbocycles. The Bertz CT molecular complexity index is 376. The summed E-state index contributed by atoms with van der Waals surface area (Å²) in [6.45, 7) is 5.85. The first-order valence-corrected chi connectivity index (χ1v) is 6.66. The Morgan fingerprint density at radius 2 is 1.95 bits per heavy atom. The van der Waals surface area contributed by atoms with E-state index in [4.69, 9.17) is 14.2 Å². The van der Waals surface area contributed by atoms with E-state index in [1.54, 1.807) is 0 Å². The second kappa shape index (κ2) is 9.39. The molecule has 0 aliphatic carbocycles. The number of hydrogen-bond acceptors (Lipinski definition) is 4. The highest BCUT2D eigenvalue weighted by Crippen LogP contribution is 2.16. The fraction of sp³-hybridized carbons (Fsp3) is 0.533. The average molecular weight is 266 g/mol. The van der Waals surface area contributed by atoms with E-state index in [2.05, 4.69) is 0 Å². The molecule has 0 spiro atoms. The lowest BCUT2D eigenvalue weighted by Crippen LogP contribution is -2.11. The second-order valence-corrected chi connectivity index (χ2v) is 4.13. The predicted molar refractivity (Wildman–Crippen MR) is 73.4 cm³/mol. The van der Waals surface area contributed by atoms with Crippen molar-refractivity contribution in [1.29, 1.82) is 0 Å². The van der Waals surface area contributed by atoms with Crippen molar-refractivity contribution in [2.45, 2.75) is 26.7 Å². The van der Waals surface area contributed by atoms with Crippen LogP contribution in [0.2, 0.25) is 0 Å². The molecule has 19 heavy (non-hydrogen) atoms. The van der Waals surface area contributed by atoms with Gasteiger partial charge in [-0.25, -0.2) is 0 Å². The van der Waals surface area contributed by atoms with Gasteiger partial charge in [0.05, 0.1) is 13.2 Å². The zero-order valence-electron chi connectivity index (χ0n) is 11.7. The fourth-order valence-electron chi connectivity index (χ4n) is 1.55. The number of carbonyl (C=O) groups is 1. The van der Waals surface area contributed by atoms with E-state index in [9.17, 15) is 4.79 Å². The Labute approximate surface area is 114 Å². The molecule has 0 radical (unpaired) electrons. The van der Waals surface area contributed by atoms with Gasteiger partial charge in [-0.2, -0.15) is 0 Å². The molecule has 0 bridgehead atoms. The highest BCUT2D eigenvalue weighted by molar-refractivity contribution is 5.69. The minimum absolute atomic E-state index is 0.201. The molecular formula is C15H22O4. The Balaban J connectivity index is 2.07. The van der Waals surface area contributed by atoms with Crippen molar-refractivity contribution < 1.29 is 19.0 Å². The van der Waals surface area contributed by atoms with Gasteiger partial charge in [0.2, 0.25) is 0 Å². The Morgan fingerprint density at radius 1 is 1.16 bits per heavy atom. The normalized spacial score (nSPS) is 10.2. The van der Waals surface area contributed by atoms with Crippen LogP contribution in [0.5, 0.6) is 5.75 Å². The SMILES string of the molecule is CCOCCOC(=O)CCCOc1ccccc1C. The van der Waals surface area contributed by atoms with Crippen LogP contribution in [0.15, 0.2) is 24.3 Å². The number of benzene rings is 1. The molecule has 0 fully saturated rings. The average Bonchev–Trinajstić information content (AvgIpc) is 2.41. The van der Waals surface area contributed by atoms with Gasteiger partial charge in [0, 0.05) is 13.0 Å². The molecule has 0 heterocycles. The largest absolute Gasteiger partial charge is 0.493 e. The molecule has 0 saturated carbocycles. The van der Waals surface area contributed by atoms with Crippen LogP contribution < -0.4 is 4.74 Å². The quantitative estimate of drug-likeness (QED) is 0.509. The maximum absolute atomic E-state index is 11.4. The smallest absolute Gasteiger partial charge is 0.305 e. The monoisotopic (exact) mass is 266 g/mol. The molecule has 1 aromatic rings. The summed E-state index contributed by atoms with van der Waals surface area (Å²) in [5.74, 6) is 0.667. The van der Waals surface area contributed by atoms with Crippen molar-refractivity contribution in [3.05, 3.63) is 29.8 Å². The zero-order chi connectivity index (χ0) is 13.9. The maximum atomic E-state index is 11.4. The first-order chi connectivity index (χ1) is 9.24. The van der Waals surface area contributed by atoms with Gasteiger partial charge >= 0.3 is 5.97 Å². The van der Waals surface area contributed by atoms with Gasteiger partial charge in [-0.3, -0.25) is 4.79 Å². The van der Waals surface area contributed by atoms with Crippen molar-refractivity contribution >= 4 is 5.97 Å². The van der Waals surface area contributed by atoms with E-state index < -0.39 is 0 Å². The molecular weight excluding hydrogens is 244 g/mol. The molecule has 0 aliphatic rings. The maximum Gasteiger partial charge on any atom is 0.305 e. The van der Waals surface area contributed by atoms with Crippen molar-refractivity contribution in [3.63, 3.8) is 0 Å². The molecule has 0 aromatic heterocycles. The molecule has 0 unspecified atom stereocenters. The summed E-state index contributed by atoms with van der Waals surface area (Å²) in [5, 5.41) is 0. The molecule has 106 valence electrons. The third-order valence-electron chi connectivity index (χ3n) is 2.57. The lowest BCUT2D eigenvalue weighted by molar-refractivity contribution is -0.145. The lowest BCUT2D eigenvalue weighted by Gasteiger charge is -2.08. The van der Waals surface area contributed by atoms with Crippen molar-refractivity contribution in [3.8, 4) is 5.75 Å². The van der Waals surface area contributed by atoms with Crippen LogP contribution in [0.25, 0.3) is 0 Å². The van der Waals surface area contributed by atoms with E-state index in [-0.39, 0.29) is 5.97 Å². The first-order valence-electron chi connectivity index (χ1n) is 6.66. The van der Waals surface area contributed by atoms with E-state index in [1.807, 2.05) is 38.1 Å². The predicted octanol–water partition coefficient (Wildman–Crippen LogP) is 2.73. The van der Waals surface area contributed by atoms with Gasteiger partial charge in [0.1, 0.15) is 12.4 Å². The third-order valence-corrected chi connectivity index (χ3v) is 2.57. The summed E-state index contributed by atoms with van der Waals surface area (Å²) in [7, 11) is 0. The number of rotatable bonds is 9. The van der Waals surface area contributed by atoms with Crippen molar-refractivity contribution in [2.75, 3.05) is 26.4 Å². The summed E-state index contributed by atoms with van der Waals surface area (Å²) in [6.07, 6.45) is 1.03. The van der Waals surface area contributed by atoms with Crippen LogP contribution in [0, 0.1) is 6.92 Å². The molecule has 0 atom stereocenters. The van der Waals surface area contributed by atoms with Crippen LogP contribution in [0.4, 0.5) is 0 Å². The number of hydrogen-bond donors (Lipinski definition) is 0. The van der Waals surface area contributed by atoms with Crippen LogP contribution in [-0.4, -0.2) is 32.4 Å². The van der Waals surface area contributed by atoms with Gasteiger partial charge < -0.3 is 14.2 Å². The van der Waals surface area contributed by atoms with Gasteiger partial charge in [-0.1, -0.05) is 18.2 Å². The molecule has 4 nitrogen and oxygen atoms in total. The van der Waals surface area contributed by atoms with Gasteiger partial charge in [0.15, 0.2) is 0 Å². The number of carbonyl (C=O) groups excluding carboxylic acids is 1. The minimum atomic E-state index is -0.201. The molecule has 0 aliphatic heterocycles. The number of esters is 1. The Morgan fingerprint density at radius 3 is 2.68 bits per heavy atom. The molecule has 0 amide bonds. The summed E-state index contributed by atoms with van der Waals surface area (Å²) >= 11 is 0. The highest BCUT2D eigenvalue weighted by atomic mass is 16.6. The second-order valence-electron chi connectivity index (χ2n) is 4.13. The van der Waals surface area contributed by atoms with Gasteiger partial charge in [0.25, 0.3) is 0 Å². The first kappa shape index (κ1) is 15.5. The molecule has 0 saturated heterocycles. The molecule has 1 rings (SSSR count). The van der Waals surface area contributed by atoms with Gasteiger partial charge in [-0.15, -0.1) is 0 Å². The van der Waals surface area contributed by atoms with Crippen molar-refractivity contribution in [2.24, 2.45) is 0 Å². The van der Waals surface area contributed by atoms with Crippen LogP contribution in [0.1, 0.15) is 25.3 Å². The van der Waals surface area contributed by atoms with Crippen LogP contribution >= 0.6 is 0 Å². The Hall–Kier alpha value is -1.55. The highest BCUT2D eigenvalue weighted by Gasteiger charge is 2.03. The van der Waals surface area contributed by atoms with E-state index in [0.29, 0.717) is 39.3 Å². The lowest BCUT2D eigenvalue weighted by atomic mass is 10.2. The van der Waals surface area contributed by atoms with E-state index in [0.717, 1.165) is 11.3 Å². The summed E-state index contributed by atoms with van der Waals surface area (Å²) in [5.41, 5.74) is 1.10. The van der Waals surface area contributed by atoms with Crippen LogP contribution in [0.3, 0.4) is 0 Å². The minimum Gasteiger partial charge on any atom is -0.493 e. The third kappa shape index (κ3) is 6.82. The molecule has 0 N–H and O–H groups in total. The molecule has 4 heteroatoms. The summed E-state index contributed by atoms with van der Waals surface area (Å²) < 4.78 is 15.7. The number of para-hydroxylation sites is 1. The van der Waals surface area contributed by atoms with Crippen molar-refractivity contribution in [1.82, 2.24) is 0 Å².